The lowest BCUT2D eigenvalue weighted by atomic mass is 10.1. The summed E-state index contributed by atoms with van der Waals surface area (Å²) in [5.74, 6) is 1.48. The van der Waals surface area contributed by atoms with Gasteiger partial charge in [0, 0.05) is 12.7 Å². The number of pyridine rings is 1. The molecule has 0 radical (unpaired) electrons. The number of nitrogens with zero attached hydrogens (tertiary/aromatic N) is 1. The van der Waals surface area contributed by atoms with Gasteiger partial charge in [-0.1, -0.05) is 0 Å². The Morgan fingerprint density at radius 1 is 1.56 bits per heavy atom. The fourth-order valence-corrected chi connectivity index (χ4v) is 2.51. The summed E-state index contributed by atoms with van der Waals surface area (Å²) >= 11 is 3.53. The van der Waals surface area contributed by atoms with E-state index in [0.717, 1.165) is 36.1 Å². The van der Waals surface area contributed by atoms with Gasteiger partial charge in [-0.2, -0.15) is 0 Å². The van der Waals surface area contributed by atoms with E-state index >= 15 is 0 Å². The smallest absolute Gasteiger partial charge is 0.140 e. The van der Waals surface area contributed by atoms with E-state index in [1.807, 2.05) is 12.3 Å². The Bertz CT molecular complexity index is 370. The van der Waals surface area contributed by atoms with E-state index in [4.69, 9.17) is 0 Å². The van der Waals surface area contributed by atoms with Crippen molar-refractivity contribution in [3.63, 3.8) is 0 Å². The van der Waals surface area contributed by atoms with Gasteiger partial charge < -0.3 is 10.4 Å². The summed E-state index contributed by atoms with van der Waals surface area (Å²) in [5, 5.41) is 12.8. The topological polar surface area (TPSA) is 45.2 Å². The van der Waals surface area contributed by atoms with Gasteiger partial charge in [-0.3, -0.25) is 0 Å². The van der Waals surface area contributed by atoms with Crippen LogP contribution in [0.4, 0.5) is 5.82 Å². The molecule has 1 heterocycles. The van der Waals surface area contributed by atoms with Crippen LogP contribution < -0.4 is 5.32 Å². The molecule has 2 N–H and O–H groups in total. The van der Waals surface area contributed by atoms with E-state index in [-0.39, 0.29) is 6.10 Å². The molecule has 0 aliphatic heterocycles. The summed E-state index contributed by atoms with van der Waals surface area (Å²) in [6.45, 7) is 2.95. The maximum absolute atomic E-state index is 9.44. The highest BCUT2D eigenvalue weighted by atomic mass is 79.9. The minimum Gasteiger partial charge on any atom is -0.393 e. The van der Waals surface area contributed by atoms with Crippen LogP contribution in [-0.2, 0) is 0 Å². The van der Waals surface area contributed by atoms with Crippen LogP contribution in [0.3, 0.4) is 0 Å². The van der Waals surface area contributed by atoms with Crippen molar-refractivity contribution >= 4 is 21.7 Å². The van der Waals surface area contributed by atoms with Gasteiger partial charge in [0.2, 0.25) is 0 Å². The Morgan fingerprint density at radius 3 is 3.06 bits per heavy atom. The Morgan fingerprint density at radius 2 is 2.38 bits per heavy atom. The van der Waals surface area contributed by atoms with Gasteiger partial charge in [0.15, 0.2) is 0 Å². The van der Waals surface area contributed by atoms with Crippen LogP contribution in [0.15, 0.2) is 16.7 Å². The molecule has 1 fully saturated rings. The standard InChI is InChI=1S/C12H17BrN2O/c1-8-4-5-14-12(11(8)13)15-7-9-2-3-10(16)6-9/h4-5,9-10,16H,2-3,6-7H2,1H3,(H,14,15). The number of halogens is 1. The minimum atomic E-state index is -0.0966. The third-order valence-electron chi connectivity index (χ3n) is 3.15. The monoisotopic (exact) mass is 284 g/mol. The van der Waals surface area contributed by atoms with Crippen molar-refractivity contribution in [1.29, 1.82) is 0 Å². The molecule has 88 valence electrons. The summed E-state index contributed by atoms with van der Waals surface area (Å²) in [6.07, 6.45) is 4.68. The van der Waals surface area contributed by atoms with Gasteiger partial charge in [-0.25, -0.2) is 4.98 Å². The number of aliphatic hydroxyl groups excluding tert-OH is 1. The molecule has 0 saturated heterocycles. The quantitative estimate of drug-likeness (QED) is 0.897. The van der Waals surface area contributed by atoms with E-state index < -0.39 is 0 Å². The number of aryl methyl sites for hydroxylation is 1. The average Bonchev–Trinajstić information content (AvgIpc) is 2.67. The van der Waals surface area contributed by atoms with Crippen LogP contribution >= 0.6 is 15.9 Å². The van der Waals surface area contributed by atoms with Crippen molar-refractivity contribution in [2.24, 2.45) is 5.92 Å². The van der Waals surface area contributed by atoms with E-state index in [9.17, 15) is 5.11 Å². The van der Waals surface area contributed by atoms with Gasteiger partial charge in [0.25, 0.3) is 0 Å². The van der Waals surface area contributed by atoms with Crippen molar-refractivity contribution in [2.45, 2.75) is 32.3 Å². The van der Waals surface area contributed by atoms with Crippen LogP contribution in [0.5, 0.6) is 0 Å². The summed E-state index contributed by atoms with van der Waals surface area (Å²) in [4.78, 5) is 4.30. The Labute approximate surface area is 104 Å². The van der Waals surface area contributed by atoms with Crippen molar-refractivity contribution in [3.8, 4) is 0 Å². The van der Waals surface area contributed by atoms with Crippen molar-refractivity contribution < 1.29 is 5.11 Å². The number of anilines is 1. The van der Waals surface area contributed by atoms with Crippen molar-refractivity contribution in [2.75, 3.05) is 11.9 Å². The molecule has 1 aromatic heterocycles. The summed E-state index contributed by atoms with van der Waals surface area (Å²) in [7, 11) is 0. The normalized spacial score (nSPS) is 24.7. The highest BCUT2D eigenvalue weighted by molar-refractivity contribution is 9.10. The van der Waals surface area contributed by atoms with E-state index in [0.29, 0.717) is 5.92 Å². The Balaban J connectivity index is 1.92. The number of aliphatic hydroxyl groups is 1. The number of rotatable bonds is 3. The molecule has 1 aliphatic carbocycles. The van der Waals surface area contributed by atoms with E-state index in [1.165, 1.54) is 5.56 Å². The highest BCUT2D eigenvalue weighted by Gasteiger charge is 2.22. The van der Waals surface area contributed by atoms with Crippen molar-refractivity contribution in [3.05, 3.63) is 22.3 Å². The molecular weight excluding hydrogens is 268 g/mol. The Kier molecular flexibility index (Phi) is 3.82. The first-order valence-corrected chi connectivity index (χ1v) is 6.49. The second-order valence-corrected chi connectivity index (χ2v) is 5.30. The molecule has 0 amide bonds. The molecule has 0 spiro atoms. The SMILES string of the molecule is Cc1ccnc(NCC2CCC(O)C2)c1Br. The summed E-state index contributed by atoms with van der Waals surface area (Å²) in [5.41, 5.74) is 1.18. The first kappa shape index (κ1) is 11.9. The predicted octanol–water partition coefficient (Wildman–Crippen LogP) is 2.73. The van der Waals surface area contributed by atoms with Crippen LogP contribution in [0.2, 0.25) is 0 Å². The van der Waals surface area contributed by atoms with Crippen LogP contribution in [0.25, 0.3) is 0 Å². The maximum atomic E-state index is 9.44. The first-order valence-electron chi connectivity index (χ1n) is 5.70. The van der Waals surface area contributed by atoms with Gasteiger partial charge in [-0.15, -0.1) is 0 Å². The zero-order valence-electron chi connectivity index (χ0n) is 9.41. The first-order chi connectivity index (χ1) is 7.66. The van der Waals surface area contributed by atoms with E-state index in [1.54, 1.807) is 0 Å². The van der Waals surface area contributed by atoms with Gasteiger partial charge in [-0.05, 0) is 59.7 Å². The minimum absolute atomic E-state index is 0.0966. The third kappa shape index (κ3) is 2.74. The van der Waals surface area contributed by atoms with Crippen LogP contribution in [-0.4, -0.2) is 22.7 Å². The molecule has 1 saturated carbocycles. The summed E-state index contributed by atoms with van der Waals surface area (Å²) in [6, 6.07) is 1.98. The molecular formula is C12H17BrN2O. The lowest BCUT2D eigenvalue weighted by Gasteiger charge is -2.13. The van der Waals surface area contributed by atoms with Gasteiger partial charge in [0.1, 0.15) is 5.82 Å². The van der Waals surface area contributed by atoms with E-state index in [2.05, 4.69) is 33.2 Å². The van der Waals surface area contributed by atoms with Gasteiger partial charge in [0.05, 0.1) is 10.6 Å². The third-order valence-corrected chi connectivity index (χ3v) is 4.16. The Hall–Kier alpha value is -0.610. The molecule has 2 rings (SSSR count). The molecule has 2 unspecified atom stereocenters. The largest absolute Gasteiger partial charge is 0.393 e. The lowest BCUT2D eigenvalue weighted by Crippen LogP contribution is -2.13. The number of aromatic nitrogens is 1. The van der Waals surface area contributed by atoms with Gasteiger partial charge >= 0.3 is 0 Å². The molecule has 3 nitrogen and oxygen atoms in total. The molecule has 0 aromatic carbocycles. The molecule has 16 heavy (non-hydrogen) atoms. The molecule has 0 bridgehead atoms. The predicted molar refractivity (Wildman–Crippen MR) is 68.5 cm³/mol. The zero-order chi connectivity index (χ0) is 11.5. The molecule has 4 heteroatoms. The number of nitrogens with one attached hydrogen (secondary N) is 1. The average molecular weight is 285 g/mol. The molecule has 2 atom stereocenters. The number of hydrogen-bond acceptors (Lipinski definition) is 3. The zero-order valence-corrected chi connectivity index (χ0v) is 11.0. The fourth-order valence-electron chi connectivity index (χ4n) is 2.14. The second-order valence-electron chi connectivity index (χ2n) is 4.50. The molecule has 1 aromatic rings. The maximum Gasteiger partial charge on any atom is 0.140 e. The van der Waals surface area contributed by atoms with Crippen LogP contribution in [0, 0.1) is 12.8 Å². The molecule has 1 aliphatic rings. The highest BCUT2D eigenvalue weighted by Crippen LogP contribution is 2.27. The van der Waals surface area contributed by atoms with Crippen molar-refractivity contribution in [1.82, 2.24) is 4.98 Å². The lowest BCUT2D eigenvalue weighted by molar-refractivity contribution is 0.178. The van der Waals surface area contributed by atoms with Crippen LogP contribution in [0.1, 0.15) is 24.8 Å². The number of hydrogen-bond donors (Lipinski definition) is 2. The summed E-state index contributed by atoms with van der Waals surface area (Å²) < 4.78 is 1.04. The second kappa shape index (κ2) is 5.15. The fraction of sp³-hybridized carbons (Fsp3) is 0.583.